The molecule has 2 aliphatic heterocycles. The van der Waals surface area contributed by atoms with Gasteiger partial charge in [0.05, 0.1) is 6.54 Å². The van der Waals surface area contributed by atoms with Crippen LogP contribution in [0, 0.1) is 5.92 Å². The number of rotatable bonds is 3. The summed E-state index contributed by atoms with van der Waals surface area (Å²) in [6.07, 6.45) is 0.609. The number of carbonyl (C=O) groups excluding carboxylic acids is 3. The Morgan fingerprint density at radius 1 is 1.19 bits per heavy atom. The summed E-state index contributed by atoms with van der Waals surface area (Å²) in [5.74, 6) is -0.229. The quantitative estimate of drug-likeness (QED) is 0.849. The fraction of sp³-hybridized carbons (Fsp3) is 0.500. The predicted molar refractivity (Wildman–Crippen MR) is 99.3 cm³/mol. The fourth-order valence-electron chi connectivity index (χ4n) is 3.48. The number of hydrogen-bond donors (Lipinski definition) is 1. The molecule has 2 aliphatic rings. The Hall–Kier alpha value is -1.79. The van der Waals surface area contributed by atoms with Crippen LogP contribution in [-0.4, -0.2) is 59.2 Å². The van der Waals surface area contributed by atoms with Crippen LogP contribution >= 0.6 is 23.2 Å². The SMILES string of the molecule is CC(C)C[C@H]1NC(=O)[C@H]2CN(C(=O)c3cc(Cl)cc(Cl)c3)CCN2C1=O. The largest absolute Gasteiger partial charge is 0.342 e. The Morgan fingerprint density at radius 3 is 2.46 bits per heavy atom. The van der Waals surface area contributed by atoms with E-state index in [1.165, 1.54) is 0 Å². The zero-order valence-electron chi connectivity index (χ0n) is 14.7. The first-order valence-corrected chi connectivity index (χ1v) is 9.38. The molecular formula is C18H21Cl2N3O3. The van der Waals surface area contributed by atoms with Crippen LogP contribution in [0.25, 0.3) is 0 Å². The van der Waals surface area contributed by atoms with Crippen LogP contribution in [0.15, 0.2) is 18.2 Å². The maximum atomic E-state index is 12.8. The third-order valence-electron chi connectivity index (χ3n) is 4.68. The Labute approximate surface area is 162 Å². The second kappa shape index (κ2) is 7.45. The summed E-state index contributed by atoms with van der Waals surface area (Å²) >= 11 is 11.9. The second-order valence-corrected chi connectivity index (χ2v) is 8.02. The molecular weight excluding hydrogens is 377 g/mol. The molecule has 0 saturated carbocycles. The minimum absolute atomic E-state index is 0.0683. The van der Waals surface area contributed by atoms with E-state index in [4.69, 9.17) is 23.2 Å². The Bertz CT molecular complexity index is 733. The highest BCUT2D eigenvalue weighted by molar-refractivity contribution is 6.35. The Kier molecular flexibility index (Phi) is 5.44. The predicted octanol–water partition coefficient (Wildman–Crippen LogP) is 2.19. The van der Waals surface area contributed by atoms with Crippen molar-refractivity contribution in [2.24, 2.45) is 5.92 Å². The molecule has 0 unspecified atom stereocenters. The molecule has 140 valence electrons. The zero-order chi connectivity index (χ0) is 19.0. The molecule has 3 amide bonds. The lowest BCUT2D eigenvalue weighted by Gasteiger charge is -2.45. The summed E-state index contributed by atoms with van der Waals surface area (Å²) in [5, 5.41) is 3.56. The van der Waals surface area contributed by atoms with Crippen molar-refractivity contribution in [2.75, 3.05) is 19.6 Å². The van der Waals surface area contributed by atoms with Gasteiger partial charge in [-0.1, -0.05) is 37.0 Å². The van der Waals surface area contributed by atoms with Crippen LogP contribution in [-0.2, 0) is 9.59 Å². The molecule has 6 nitrogen and oxygen atoms in total. The molecule has 0 spiro atoms. The van der Waals surface area contributed by atoms with E-state index >= 15 is 0 Å². The minimum Gasteiger partial charge on any atom is -0.342 e. The molecule has 0 aliphatic carbocycles. The second-order valence-electron chi connectivity index (χ2n) is 7.15. The molecule has 0 aromatic heterocycles. The molecule has 0 radical (unpaired) electrons. The van der Waals surface area contributed by atoms with Crippen LogP contribution in [0.2, 0.25) is 10.0 Å². The number of nitrogens with zero attached hydrogens (tertiary/aromatic N) is 2. The van der Waals surface area contributed by atoms with Crippen LogP contribution in [0.4, 0.5) is 0 Å². The first kappa shape index (κ1) is 19.0. The van der Waals surface area contributed by atoms with Gasteiger partial charge in [-0.25, -0.2) is 0 Å². The number of carbonyl (C=O) groups is 3. The number of benzene rings is 1. The summed E-state index contributed by atoms with van der Waals surface area (Å²) in [6.45, 7) is 4.89. The van der Waals surface area contributed by atoms with Crippen molar-refractivity contribution in [1.82, 2.24) is 15.1 Å². The number of hydrogen-bond acceptors (Lipinski definition) is 3. The van der Waals surface area contributed by atoms with Crippen molar-refractivity contribution in [3.8, 4) is 0 Å². The van der Waals surface area contributed by atoms with Gasteiger partial charge in [-0.15, -0.1) is 0 Å². The van der Waals surface area contributed by atoms with Crippen LogP contribution in [0.3, 0.4) is 0 Å². The van der Waals surface area contributed by atoms with E-state index in [1.807, 2.05) is 13.8 Å². The average Bonchev–Trinajstić information content (AvgIpc) is 2.57. The Balaban J connectivity index is 1.74. The highest BCUT2D eigenvalue weighted by Crippen LogP contribution is 2.23. The van der Waals surface area contributed by atoms with E-state index in [0.29, 0.717) is 41.0 Å². The van der Waals surface area contributed by atoms with E-state index in [1.54, 1.807) is 28.0 Å². The van der Waals surface area contributed by atoms with Gasteiger partial charge in [0.25, 0.3) is 5.91 Å². The summed E-state index contributed by atoms with van der Waals surface area (Å²) in [6, 6.07) is 3.52. The number of halogens is 2. The minimum atomic E-state index is -0.654. The molecule has 1 aromatic carbocycles. The monoisotopic (exact) mass is 397 g/mol. The summed E-state index contributed by atoms with van der Waals surface area (Å²) in [5.41, 5.74) is 0.371. The van der Waals surface area contributed by atoms with Crippen molar-refractivity contribution in [1.29, 1.82) is 0 Å². The first-order valence-electron chi connectivity index (χ1n) is 8.62. The molecule has 1 aromatic rings. The van der Waals surface area contributed by atoms with Crippen LogP contribution in [0.5, 0.6) is 0 Å². The van der Waals surface area contributed by atoms with Gasteiger partial charge in [0, 0.05) is 28.7 Å². The van der Waals surface area contributed by atoms with E-state index in [2.05, 4.69) is 5.32 Å². The lowest BCUT2D eigenvalue weighted by atomic mass is 9.97. The van der Waals surface area contributed by atoms with E-state index in [0.717, 1.165) is 0 Å². The molecule has 26 heavy (non-hydrogen) atoms. The van der Waals surface area contributed by atoms with Crippen LogP contribution < -0.4 is 5.32 Å². The molecule has 2 atom stereocenters. The highest BCUT2D eigenvalue weighted by atomic mass is 35.5. The van der Waals surface area contributed by atoms with Gasteiger partial charge < -0.3 is 15.1 Å². The van der Waals surface area contributed by atoms with Gasteiger partial charge in [0.1, 0.15) is 12.1 Å². The maximum Gasteiger partial charge on any atom is 0.254 e. The summed E-state index contributed by atoms with van der Waals surface area (Å²) < 4.78 is 0. The van der Waals surface area contributed by atoms with Gasteiger partial charge in [0.2, 0.25) is 11.8 Å². The normalized spacial score (nSPS) is 23.1. The molecule has 2 saturated heterocycles. The smallest absolute Gasteiger partial charge is 0.254 e. The lowest BCUT2D eigenvalue weighted by molar-refractivity contribution is -0.152. The van der Waals surface area contributed by atoms with Crippen molar-refractivity contribution in [2.45, 2.75) is 32.4 Å². The molecule has 2 heterocycles. The average molecular weight is 398 g/mol. The first-order chi connectivity index (χ1) is 12.3. The standard InChI is InChI=1S/C18H21Cl2N3O3/c1-10(2)5-14-18(26)23-4-3-22(9-15(23)16(24)21-14)17(25)11-6-12(19)8-13(20)7-11/h6-8,10,14-15H,3-5,9H2,1-2H3,(H,21,24)/t14-,15-/m1/s1. The highest BCUT2D eigenvalue weighted by Gasteiger charge is 2.44. The number of nitrogens with one attached hydrogen (secondary N) is 1. The number of fused-ring (bicyclic) bond motifs is 1. The van der Waals surface area contributed by atoms with Crippen molar-refractivity contribution < 1.29 is 14.4 Å². The molecule has 0 bridgehead atoms. The number of amides is 3. The van der Waals surface area contributed by atoms with Gasteiger partial charge in [0.15, 0.2) is 0 Å². The number of piperazine rings is 2. The zero-order valence-corrected chi connectivity index (χ0v) is 16.2. The fourth-order valence-corrected chi connectivity index (χ4v) is 4.00. The van der Waals surface area contributed by atoms with E-state index < -0.39 is 12.1 Å². The molecule has 3 rings (SSSR count). The third-order valence-corrected chi connectivity index (χ3v) is 5.12. The lowest BCUT2D eigenvalue weighted by Crippen LogP contribution is -2.69. The molecule has 8 heteroatoms. The van der Waals surface area contributed by atoms with E-state index in [9.17, 15) is 14.4 Å². The summed E-state index contributed by atoms with van der Waals surface area (Å²) in [4.78, 5) is 41.1. The molecule has 2 fully saturated rings. The van der Waals surface area contributed by atoms with E-state index in [-0.39, 0.29) is 24.3 Å². The Morgan fingerprint density at radius 2 is 1.85 bits per heavy atom. The molecule has 1 N–H and O–H groups in total. The third kappa shape index (κ3) is 3.81. The van der Waals surface area contributed by atoms with Gasteiger partial charge >= 0.3 is 0 Å². The van der Waals surface area contributed by atoms with Gasteiger partial charge in [-0.05, 0) is 30.5 Å². The van der Waals surface area contributed by atoms with Crippen LogP contribution in [0.1, 0.15) is 30.6 Å². The van der Waals surface area contributed by atoms with Gasteiger partial charge in [-0.2, -0.15) is 0 Å². The summed E-state index contributed by atoms with van der Waals surface area (Å²) in [7, 11) is 0. The van der Waals surface area contributed by atoms with Gasteiger partial charge in [-0.3, -0.25) is 14.4 Å². The topological polar surface area (TPSA) is 69.7 Å². The van der Waals surface area contributed by atoms with Crippen molar-refractivity contribution >= 4 is 40.9 Å². The maximum absolute atomic E-state index is 12.8. The van der Waals surface area contributed by atoms with Crippen molar-refractivity contribution in [3.05, 3.63) is 33.8 Å². The van der Waals surface area contributed by atoms with Crippen molar-refractivity contribution in [3.63, 3.8) is 0 Å².